The molecule has 0 saturated heterocycles. The van der Waals surface area contributed by atoms with E-state index in [1.807, 2.05) is 32.0 Å². The van der Waals surface area contributed by atoms with E-state index in [0.29, 0.717) is 12.3 Å². The SMILES string of the molecule is CC(C)[C@H](Cn1ccnn1)NC(=O)COc1cccc2c1OC(C)(C)C2. The van der Waals surface area contributed by atoms with Crippen molar-refractivity contribution in [3.8, 4) is 11.5 Å². The standard InChI is InChI=1S/C19H26N4O3/c1-13(2)15(11-23-9-8-20-22-23)21-17(24)12-25-16-7-5-6-14-10-19(3,4)26-18(14)16/h5-9,13,15H,10-12H2,1-4H3,(H,21,24)/t15-/m0/s1. The average molecular weight is 358 g/mol. The van der Waals surface area contributed by atoms with Gasteiger partial charge in [-0.25, -0.2) is 0 Å². The highest BCUT2D eigenvalue weighted by atomic mass is 16.5. The Bertz CT molecular complexity index is 756. The number of hydrogen-bond acceptors (Lipinski definition) is 5. The zero-order valence-electron chi connectivity index (χ0n) is 15.7. The van der Waals surface area contributed by atoms with Crippen LogP contribution in [0.3, 0.4) is 0 Å². The highest BCUT2D eigenvalue weighted by Crippen LogP contribution is 2.41. The first-order valence-electron chi connectivity index (χ1n) is 8.91. The molecule has 2 heterocycles. The van der Waals surface area contributed by atoms with E-state index in [1.54, 1.807) is 17.1 Å². The Hall–Kier alpha value is -2.57. The van der Waals surface area contributed by atoms with Gasteiger partial charge < -0.3 is 14.8 Å². The van der Waals surface area contributed by atoms with Crippen molar-refractivity contribution < 1.29 is 14.3 Å². The number of carbonyl (C=O) groups excluding carboxylic acids is 1. The minimum Gasteiger partial charge on any atom is -0.483 e. The number of hydrogen-bond donors (Lipinski definition) is 1. The molecule has 26 heavy (non-hydrogen) atoms. The van der Waals surface area contributed by atoms with Gasteiger partial charge in [0.25, 0.3) is 5.91 Å². The number of nitrogens with zero attached hydrogens (tertiary/aromatic N) is 3. The molecule has 1 N–H and O–H groups in total. The summed E-state index contributed by atoms with van der Waals surface area (Å²) in [7, 11) is 0. The Balaban J connectivity index is 1.58. The van der Waals surface area contributed by atoms with Crippen LogP contribution in [0.15, 0.2) is 30.6 Å². The van der Waals surface area contributed by atoms with Gasteiger partial charge >= 0.3 is 0 Å². The third-order valence-electron chi connectivity index (χ3n) is 4.42. The zero-order chi connectivity index (χ0) is 18.7. The Labute approximate surface area is 153 Å². The van der Waals surface area contributed by atoms with Crippen LogP contribution in [0.4, 0.5) is 0 Å². The fraction of sp³-hybridized carbons (Fsp3) is 0.526. The van der Waals surface area contributed by atoms with Crippen LogP contribution < -0.4 is 14.8 Å². The molecule has 0 radical (unpaired) electrons. The summed E-state index contributed by atoms with van der Waals surface area (Å²) in [6.07, 6.45) is 4.24. The van der Waals surface area contributed by atoms with Gasteiger partial charge in [-0.15, -0.1) is 5.10 Å². The number of para-hydroxylation sites is 1. The third-order valence-corrected chi connectivity index (χ3v) is 4.42. The fourth-order valence-corrected chi connectivity index (χ4v) is 3.05. The van der Waals surface area contributed by atoms with Crippen LogP contribution in [0.5, 0.6) is 11.5 Å². The minimum atomic E-state index is -0.245. The van der Waals surface area contributed by atoms with Crippen molar-refractivity contribution in [1.29, 1.82) is 0 Å². The number of carbonyl (C=O) groups is 1. The van der Waals surface area contributed by atoms with Gasteiger partial charge in [0.2, 0.25) is 0 Å². The van der Waals surface area contributed by atoms with Crippen LogP contribution in [-0.2, 0) is 17.8 Å². The van der Waals surface area contributed by atoms with E-state index in [9.17, 15) is 4.79 Å². The van der Waals surface area contributed by atoms with Gasteiger partial charge in [0.1, 0.15) is 5.60 Å². The smallest absolute Gasteiger partial charge is 0.258 e. The lowest BCUT2D eigenvalue weighted by Crippen LogP contribution is -2.43. The second-order valence-corrected chi connectivity index (χ2v) is 7.61. The molecule has 1 aliphatic heterocycles. The number of ether oxygens (including phenoxy) is 2. The van der Waals surface area contributed by atoms with Crippen LogP contribution in [-0.4, -0.2) is 39.2 Å². The van der Waals surface area contributed by atoms with E-state index in [2.05, 4.69) is 29.5 Å². The molecule has 1 aromatic heterocycles. The quantitative estimate of drug-likeness (QED) is 0.821. The molecule has 2 aromatic rings. The van der Waals surface area contributed by atoms with Crippen LogP contribution in [0.1, 0.15) is 33.3 Å². The summed E-state index contributed by atoms with van der Waals surface area (Å²) in [6.45, 7) is 8.72. The van der Waals surface area contributed by atoms with Crippen molar-refractivity contribution >= 4 is 5.91 Å². The second kappa shape index (κ2) is 7.35. The Morgan fingerprint density at radius 3 is 2.92 bits per heavy atom. The van der Waals surface area contributed by atoms with E-state index in [-0.39, 0.29) is 30.1 Å². The lowest BCUT2D eigenvalue weighted by atomic mass is 10.0. The molecule has 0 spiro atoms. The van der Waals surface area contributed by atoms with Crippen LogP contribution in [0.2, 0.25) is 0 Å². The van der Waals surface area contributed by atoms with Crippen LogP contribution in [0, 0.1) is 5.92 Å². The zero-order valence-corrected chi connectivity index (χ0v) is 15.7. The molecule has 0 unspecified atom stereocenters. The van der Waals surface area contributed by atoms with Gasteiger partial charge in [0.05, 0.1) is 18.8 Å². The molecule has 0 bridgehead atoms. The monoisotopic (exact) mass is 358 g/mol. The number of fused-ring (bicyclic) bond motifs is 1. The molecule has 0 aliphatic carbocycles. The highest BCUT2D eigenvalue weighted by Gasteiger charge is 2.32. The molecule has 140 valence electrons. The summed E-state index contributed by atoms with van der Waals surface area (Å²) < 4.78 is 13.4. The largest absolute Gasteiger partial charge is 0.483 e. The predicted octanol–water partition coefficient (Wildman–Crippen LogP) is 2.21. The topological polar surface area (TPSA) is 78.3 Å². The Kier molecular flexibility index (Phi) is 5.15. The summed E-state index contributed by atoms with van der Waals surface area (Å²) in [5.74, 6) is 1.45. The summed E-state index contributed by atoms with van der Waals surface area (Å²) in [5.41, 5.74) is 0.865. The van der Waals surface area contributed by atoms with Gasteiger partial charge in [0, 0.05) is 18.2 Å². The molecule has 1 aliphatic rings. The van der Waals surface area contributed by atoms with E-state index in [1.165, 1.54) is 0 Å². The molecular weight excluding hydrogens is 332 g/mol. The average Bonchev–Trinajstić information content (AvgIpc) is 3.17. The lowest BCUT2D eigenvalue weighted by molar-refractivity contribution is -0.124. The molecule has 0 fully saturated rings. The number of amides is 1. The third kappa shape index (κ3) is 4.33. The molecule has 3 rings (SSSR count). The minimum absolute atomic E-state index is 0.0514. The molecule has 1 amide bonds. The van der Waals surface area contributed by atoms with Gasteiger partial charge in [-0.1, -0.05) is 31.2 Å². The lowest BCUT2D eigenvalue weighted by Gasteiger charge is -2.22. The fourth-order valence-electron chi connectivity index (χ4n) is 3.05. The van der Waals surface area contributed by atoms with E-state index in [4.69, 9.17) is 9.47 Å². The molecule has 7 nitrogen and oxygen atoms in total. The number of rotatable bonds is 7. The normalized spacial score (nSPS) is 16.0. The van der Waals surface area contributed by atoms with Crippen LogP contribution in [0.25, 0.3) is 0 Å². The maximum atomic E-state index is 12.4. The predicted molar refractivity (Wildman–Crippen MR) is 97.1 cm³/mol. The summed E-state index contributed by atoms with van der Waals surface area (Å²) in [4.78, 5) is 12.4. The summed E-state index contributed by atoms with van der Waals surface area (Å²) >= 11 is 0. The molecule has 0 saturated carbocycles. The number of nitrogens with one attached hydrogen (secondary N) is 1. The van der Waals surface area contributed by atoms with Gasteiger partial charge in [-0.2, -0.15) is 0 Å². The highest BCUT2D eigenvalue weighted by molar-refractivity contribution is 5.78. The molecule has 1 atom stereocenters. The van der Waals surface area contributed by atoms with Crippen molar-refractivity contribution in [3.05, 3.63) is 36.2 Å². The van der Waals surface area contributed by atoms with Crippen LogP contribution >= 0.6 is 0 Å². The van der Waals surface area contributed by atoms with E-state index >= 15 is 0 Å². The van der Waals surface area contributed by atoms with Crippen molar-refractivity contribution in [2.45, 2.75) is 52.3 Å². The van der Waals surface area contributed by atoms with Crippen molar-refractivity contribution in [1.82, 2.24) is 20.3 Å². The van der Waals surface area contributed by atoms with Gasteiger partial charge in [-0.3, -0.25) is 9.48 Å². The number of benzene rings is 1. The first-order valence-corrected chi connectivity index (χ1v) is 8.91. The molecular formula is C19H26N4O3. The summed E-state index contributed by atoms with van der Waals surface area (Å²) in [6, 6.07) is 5.75. The van der Waals surface area contributed by atoms with Crippen molar-refractivity contribution in [2.24, 2.45) is 5.92 Å². The maximum Gasteiger partial charge on any atom is 0.258 e. The second-order valence-electron chi connectivity index (χ2n) is 7.61. The Morgan fingerprint density at radius 1 is 1.42 bits per heavy atom. The van der Waals surface area contributed by atoms with E-state index < -0.39 is 0 Å². The van der Waals surface area contributed by atoms with E-state index in [0.717, 1.165) is 17.7 Å². The van der Waals surface area contributed by atoms with Gasteiger partial charge in [0.15, 0.2) is 18.1 Å². The first-order chi connectivity index (χ1) is 12.3. The molecule has 7 heteroatoms. The Morgan fingerprint density at radius 2 is 2.23 bits per heavy atom. The maximum absolute atomic E-state index is 12.4. The first kappa shape index (κ1) is 18.2. The molecule has 1 aromatic carbocycles. The van der Waals surface area contributed by atoms with Gasteiger partial charge in [-0.05, 0) is 25.8 Å². The summed E-state index contributed by atoms with van der Waals surface area (Å²) in [5, 5.41) is 10.8. The van der Waals surface area contributed by atoms with Crippen molar-refractivity contribution in [2.75, 3.05) is 6.61 Å². The van der Waals surface area contributed by atoms with Crippen molar-refractivity contribution in [3.63, 3.8) is 0 Å². The number of aromatic nitrogens is 3.